The van der Waals surface area contributed by atoms with Crippen molar-refractivity contribution >= 4 is 54.7 Å². The lowest BCUT2D eigenvalue weighted by Crippen LogP contribution is -2.44. The highest BCUT2D eigenvalue weighted by molar-refractivity contribution is 7.91. The second-order valence-corrected chi connectivity index (χ2v) is 15.3. The van der Waals surface area contributed by atoms with Gasteiger partial charge in [0.2, 0.25) is 10.0 Å². The molecule has 5 N–H and O–H groups in total. The number of ether oxygens (including phenoxy) is 4. The Hall–Kier alpha value is -1.20. The SMILES string of the molecule is C.CC1(C)COC(C)(c2ccsc2)OC1.CC1(C)COC(C)(c2ccsc2S(N)(=O)=O)OC1.NOS(=O)(=O)O.O=S=O. The molecular weight excluding hydrogens is 657 g/mol. The van der Waals surface area contributed by atoms with Crippen LogP contribution in [-0.4, -0.2) is 56.2 Å². The molecule has 4 heterocycles. The van der Waals surface area contributed by atoms with Gasteiger partial charge in [-0.05, 0) is 42.1 Å². The van der Waals surface area contributed by atoms with E-state index in [-0.39, 0.29) is 22.5 Å². The van der Waals surface area contributed by atoms with Crippen LogP contribution in [0.1, 0.15) is 60.1 Å². The number of thiophene rings is 2. The van der Waals surface area contributed by atoms with Crippen LogP contribution in [0, 0.1) is 10.8 Å². The van der Waals surface area contributed by atoms with Crippen LogP contribution in [0.15, 0.2) is 32.5 Å². The molecule has 0 aliphatic carbocycles. The first-order valence-electron chi connectivity index (χ1n) is 11.6. The van der Waals surface area contributed by atoms with Gasteiger partial charge in [-0.15, -0.1) is 11.3 Å². The van der Waals surface area contributed by atoms with E-state index in [2.05, 4.69) is 35.5 Å². The Balaban J connectivity index is 0.000000622. The fraction of sp³-hybridized carbons (Fsp3) is 0.652. The fourth-order valence-electron chi connectivity index (χ4n) is 3.20. The molecule has 0 bridgehead atoms. The maximum Gasteiger partial charge on any atom is 0.413 e. The molecule has 4 rings (SSSR count). The smallest absolute Gasteiger partial charge is 0.345 e. The molecule has 2 aromatic heterocycles. The largest absolute Gasteiger partial charge is 0.413 e. The highest BCUT2D eigenvalue weighted by atomic mass is 32.3. The van der Waals surface area contributed by atoms with Gasteiger partial charge in [0, 0.05) is 22.0 Å². The number of hydrogen-bond acceptors (Lipinski definition) is 14. The molecule has 2 aromatic rings. The quantitative estimate of drug-likeness (QED) is 0.309. The molecule has 0 spiro atoms. The van der Waals surface area contributed by atoms with Crippen LogP contribution in [0.3, 0.4) is 0 Å². The zero-order chi connectivity index (χ0) is 31.8. The van der Waals surface area contributed by atoms with Crippen LogP contribution in [0.5, 0.6) is 0 Å². The molecule has 0 amide bonds. The van der Waals surface area contributed by atoms with E-state index < -0.39 is 43.6 Å². The summed E-state index contributed by atoms with van der Waals surface area (Å²) in [7, 11) is -8.13. The summed E-state index contributed by atoms with van der Waals surface area (Å²) in [5.74, 6) is 2.39. The molecule has 14 nitrogen and oxygen atoms in total. The van der Waals surface area contributed by atoms with E-state index in [0.29, 0.717) is 18.8 Å². The highest BCUT2D eigenvalue weighted by Gasteiger charge is 2.41. The number of nitrogens with two attached hydrogens (primary N) is 2. The Bertz CT molecular complexity index is 1330. The molecule has 2 aliphatic rings. The van der Waals surface area contributed by atoms with Gasteiger partial charge in [0.1, 0.15) is 4.21 Å². The van der Waals surface area contributed by atoms with E-state index in [1.165, 1.54) is 0 Å². The van der Waals surface area contributed by atoms with E-state index in [1.807, 2.05) is 26.2 Å². The van der Waals surface area contributed by atoms with Gasteiger partial charge in [0.25, 0.3) is 0 Å². The van der Waals surface area contributed by atoms with E-state index in [0.717, 1.165) is 30.1 Å². The fourth-order valence-corrected chi connectivity index (χ4v) is 5.91. The summed E-state index contributed by atoms with van der Waals surface area (Å²) in [4.78, 5) is 0. The Labute approximate surface area is 259 Å². The lowest BCUT2D eigenvalue weighted by atomic mass is 9.94. The molecule has 2 fully saturated rings. The number of primary sulfonamides is 1. The van der Waals surface area contributed by atoms with E-state index in [9.17, 15) is 16.8 Å². The number of sulfonamides is 1. The van der Waals surface area contributed by atoms with E-state index >= 15 is 0 Å². The second kappa shape index (κ2) is 16.2. The minimum atomic E-state index is -4.38. The average molecular weight is 697 g/mol. The van der Waals surface area contributed by atoms with E-state index in [4.69, 9.17) is 37.1 Å². The van der Waals surface area contributed by atoms with Crippen LogP contribution in [0.25, 0.3) is 0 Å². The van der Waals surface area contributed by atoms with Crippen molar-refractivity contribution < 1.29 is 53.0 Å². The van der Waals surface area contributed by atoms with Gasteiger partial charge in [-0.3, -0.25) is 4.55 Å². The molecule has 0 atom stereocenters. The predicted molar refractivity (Wildman–Crippen MR) is 159 cm³/mol. The van der Waals surface area contributed by atoms with Gasteiger partial charge in [-0.1, -0.05) is 35.1 Å². The molecule has 42 heavy (non-hydrogen) atoms. The summed E-state index contributed by atoms with van der Waals surface area (Å²) in [6, 6.07) is 3.74. The summed E-state index contributed by atoms with van der Waals surface area (Å²) in [5, 5.41) is 11.0. The first-order chi connectivity index (χ1) is 18.6. The molecule has 244 valence electrons. The lowest BCUT2D eigenvalue weighted by Gasteiger charge is -2.41. The summed E-state index contributed by atoms with van der Waals surface area (Å²) in [6.45, 7) is 14.6. The zero-order valence-corrected chi connectivity index (χ0v) is 27.4. The summed E-state index contributed by atoms with van der Waals surface area (Å²) in [5.41, 5.74) is 1.66. The first-order valence-corrected chi connectivity index (χ1v) is 17.0. The lowest BCUT2D eigenvalue weighted by molar-refractivity contribution is -0.299. The van der Waals surface area contributed by atoms with Crippen molar-refractivity contribution in [3.8, 4) is 0 Å². The third kappa shape index (κ3) is 13.2. The monoisotopic (exact) mass is 696 g/mol. The number of hydrogen-bond donors (Lipinski definition) is 3. The summed E-state index contributed by atoms with van der Waals surface area (Å²) < 4.78 is 91.6. The average Bonchev–Trinajstić information content (AvgIpc) is 3.58. The van der Waals surface area contributed by atoms with Gasteiger partial charge in [-0.2, -0.15) is 38.4 Å². The maximum atomic E-state index is 11.5. The van der Waals surface area contributed by atoms with E-state index in [1.54, 1.807) is 29.7 Å². The molecule has 0 radical (unpaired) electrons. The molecule has 0 aromatic carbocycles. The van der Waals surface area contributed by atoms with Crippen LogP contribution >= 0.6 is 22.7 Å². The Morgan fingerprint density at radius 3 is 1.60 bits per heavy atom. The first kappa shape index (κ1) is 40.8. The summed E-state index contributed by atoms with van der Waals surface area (Å²) in [6.07, 6.45) is 0. The minimum Gasteiger partial charge on any atom is -0.345 e. The maximum absolute atomic E-state index is 11.5. The van der Waals surface area contributed by atoms with Crippen molar-refractivity contribution in [2.45, 2.75) is 64.8 Å². The van der Waals surface area contributed by atoms with Gasteiger partial charge in [-0.25, -0.2) is 13.6 Å². The molecule has 19 heteroatoms. The van der Waals surface area contributed by atoms with Crippen LogP contribution < -0.4 is 11.0 Å². The Kier molecular flexibility index (Phi) is 15.7. The summed E-state index contributed by atoms with van der Waals surface area (Å²) >= 11 is 2.00. The molecule has 2 aliphatic heterocycles. The predicted octanol–water partition coefficient (Wildman–Crippen LogP) is 3.28. The standard InChI is InChI=1S/C11H17NO4S2.C11H16O2S.CH4.H3NO4S.O2S/c1-10(2)6-15-11(3,16-7-10)8-4-5-17-9(8)18(12,13)14;1-10(2)7-12-11(3,13-8-10)9-4-5-14-6-9;;1-5-6(2,3)4;1-3-2/h4-5H,6-7H2,1-3H3,(H2,12,13,14);4-6H,7-8H2,1-3H3;1H4;1H2,(H,2,3,4);. The van der Waals surface area contributed by atoms with Crippen molar-refractivity contribution in [3.63, 3.8) is 0 Å². The third-order valence-corrected chi connectivity index (χ3v) is 8.85. The highest BCUT2D eigenvalue weighted by Crippen LogP contribution is 2.40. The molecule has 2 saturated heterocycles. The molecule has 0 unspecified atom stereocenters. The topological polar surface area (TPSA) is 221 Å². The van der Waals surface area contributed by atoms with Gasteiger partial charge < -0.3 is 18.9 Å². The van der Waals surface area contributed by atoms with Crippen LogP contribution in [0.2, 0.25) is 0 Å². The van der Waals surface area contributed by atoms with Crippen LogP contribution in [-0.2, 0) is 66.8 Å². The van der Waals surface area contributed by atoms with Crippen molar-refractivity contribution in [2.75, 3.05) is 26.4 Å². The van der Waals surface area contributed by atoms with Crippen LogP contribution in [0.4, 0.5) is 0 Å². The van der Waals surface area contributed by atoms with Gasteiger partial charge in [0.15, 0.2) is 11.6 Å². The van der Waals surface area contributed by atoms with Crippen molar-refractivity contribution in [1.29, 1.82) is 0 Å². The molecular formula is C23H40N2O12S5. The Morgan fingerprint density at radius 2 is 1.26 bits per heavy atom. The Morgan fingerprint density at radius 1 is 0.857 bits per heavy atom. The normalized spacial score (nSPS) is 20.0. The minimum absolute atomic E-state index is 0. The van der Waals surface area contributed by atoms with Crippen molar-refractivity contribution in [3.05, 3.63) is 39.4 Å². The number of rotatable bonds is 4. The van der Waals surface area contributed by atoms with Gasteiger partial charge >= 0.3 is 22.0 Å². The second-order valence-electron chi connectivity index (χ2n) is 10.6. The zero-order valence-electron chi connectivity index (χ0n) is 23.3. The van der Waals surface area contributed by atoms with Crippen molar-refractivity contribution in [2.24, 2.45) is 21.9 Å². The van der Waals surface area contributed by atoms with Crippen molar-refractivity contribution in [1.82, 2.24) is 0 Å². The third-order valence-electron chi connectivity index (χ3n) is 5.50. The molecule has 0 saturated carbocycles. The van der Waals surface area contributed by atoms with Gasteiger partial charge in [0.05, 0.1) is 26.4 Å².